The molecular formula is C13H20N6. The van der Waals surface area contributed by atoms with E-state index < -0.39 is 0 Å². The molecule has 3 rings (SSSR count). The van der Waals surface area contributed by atoms with Gasteiger partial charge in [-0.05, 0) is 16.7 Å². The van der Waals surface area contributed by atoms with E-state index in [1.807, 2.05) is 0 Å². The minimum absolute atomic E-state index is 0.247. The number of nitrogens with zero attached hydrogens (tertiary/aromatic N) is 3. The van der Waals surface area contributed by atoms with Crippen LogP contribution in [0.25, 0.3) is 11.2 Å². The Morgan fingerprint density at radius 3 is 2.58 bits per heavy atom. The van der Waals surface area contributed by atoms with Crippen LogP contribution in [0.2, 0.25) is 0 Å². The lowest BCUT2D eigenvalue weighted by atomic mass is 10.0. The van der Waals surface area contributed by atoms with Gasteiger partial charge in [0.15, 0.2) is 11.5 Å². The molecule has 6 nitrogen and oxygen atoms in total. The van der Waals surface area contributed by atoms with Crippen LogP contribution in [0.15, 0.2) is 6.33 Å². The first-order valence-electron chi connectivity index (χ1n) is 6.54. The summed E-state index contributed by atoms with van der Waals surface area (Å²) in [6.07, 6.45) is 1.61. The van der Waals surface area contributed by atoms with Gasteiger partial charge in [-0.3, -0.25) is 0 Å². The number of H-pyrrole nitrogens is 1. The van der Waals surface area contributed by atoms with Gasteiger partial charge >= 0.3 is 0 Å². The van der Waals surface area contributed by atoms with E-state index >= 15 is 0 Å². The molecule has 4 N–H and O–H groups in total. The maximum Gasteiger partial charge on any atom is 0.224 e. The molecule has 2 aromatic rings. The molecule has 0 atom stereocenters. The van der Waals surface area contributed by atoms with Crippen molar-refractivity contribution in [2.75, 3.05) is 17.6 Å². The van der Waals surface area contributed by atoms with Gasteiger partial charge in [0.1, 0.15) is 5.52 Å². The van der Waals surface area contributed by atoms with Crippen molar-refractivity contribution in [1.82, 2.24) is 19.9 Å². The van der Waals surface area contributed by atoms with Crippen molar-refractivity contribution in [3.8, 4) is 0 Å². The summed E-state index contributed by atoms with van der Waals surface area (Å²) in [7, 11) is 0. The monoisotopic (exact) mass is 260 g/mol. The summed E-state index contributed by atoms with van der Waals surface area (Å²) in [6, 6.07) is 0. The van der Waals surface area contributed by atoms with Crippen LogP contribution in [0.5, 0.6) is 0 Å². The lowest BCUT2D eigenvalue weighted by molar-refractivity contribution is 0.457. The molecule has 102 valence electrons. The Balaban J connectivity index is 1.82. The Morgan fingerprint density at radius 1 is 1.26 bits per heavy atom. The Hall–Kier alpha value is -1.85. The number of anilines is 2. The van der Waals surface area contributed by atoms with Gasteiger partial charge in [-0.15, -0.1) is 0 Å². The fourth-order valence-corrected chi connectivity index (χ4v) is 3.02. The zero-order valence-corrected chi connectivity index (χ0v) is 11.8. The third-order valence-electron chi connectivity index (χ3n) is 5.10. The highest BCUT2D eigenvalue weighted by Gasteiger charge is 2.64. The van der Waals surface area contributed by atoms with Gasteiger partial charge in [0, 0.05) is 6.54 Å². The Labute approximate surface area is 112 Å². The molecule has 1 saturated carbocycles. The Morgan fingerprint density at radius 2 is 1.95 bits per heavy atom. The first kappa shape index (κ1) is 12.2. The highest BCUT2D eigenvalue weighted by atomic mass is 15.1. The number of aromatic nitrogens is 4. The average Bonchev–Trinajstić information content (AvgIpc) is 2.70. The SMILES string of the molecule is CC1(C)C(CNc2nc(N)nc3nc[nH]c23)C1(C)C. The van der Waals surface area contributed by atoms with E-state index in [-0.39, 0.29) is 5.95 Å². The van der Waals surface area contributed by atoms with Gasteiger partial charge in [-0.2, -0.15) is 9.97 Å². The normalized spacial score (nSPS) is 20.6. The second-order valence-corrected chi connectivity index (χ2v) is 6.41. The predicted octanol–water partition coefficient (Wildman–Crippen LogP) is 2.03. The third kappa shape index (κ3) is 1.66. The molecule has 0 saturated heterocycles. The fourth-order valence-electron chi connectivity index (χ4n) is 3.02. The van der Waals surface area contributed by atoms with Crippen molar-refractivity contribution in [3.63, 3.8) is 0 Å². The molecule has 2 heterocycles. The summed E-state index contributed by atoms with van der Waals surface area (Å²) < 4.78 is 0. The van der Waals surface area contributed by atoms with E-state index in [4.69, 9.17) is 5.73 Å². The first-order valence-corrected chi connectivity index (χ1v) is 6.54. The number of hydrogen-bond acceptors (Lipinski definition) is 5. The van der Waals surface area contributed by atoms with E-state index in [1.54, 1.807) is 6.33 Å². The molecular weight excluding hydrogens is 240 g/mol. The van der Waals surface area contributed by atoms with E-state index in [1.165, 1.54) is 0 Å². The lowest BCUT2D eigenvalue weighted by Gasteiger charge is -2.08. The molecule has 0 aliphatic heterocycles. The molecule has 0 unspecified atom stereocenters. The van der Waals surface area contributed by atoms with Gasteiger partial charge in [-0.25, -0.2) is 4.98 Å². The zero-order chi connectivity index (χ0) is 13.8. The zero-order valence-electron chi connectivity index (χ0n) is 11.8. The number of rotatable bonds is 3. The largest absolute Gasteiger partial charge is 0.368 e. The van der Waals surface area contributed by atoms with Crippen LogP contribution < -0.4 is 11.1 Å². The maximum absolute atomic E-state index is 5.70. The van der Waals surface area contributed by atoms with Crippen LogP contribution in [0.1, 0.15) is 27.7 Å². The number of nitrogens with one attached hydrogen (secondary N) is 2. The molecule has 0 bridgehead atoms. The number of imidazole rings is 1. The second-order valence-electron chi connectivity index (χ2n) is 6.41. The van der Waals surface area contributed by atoms with Crippen molar-refractivity contribution in [2.24, 2.45) is 16.7 Å². The topological polar surface area (TPSA) is 92.5 Å². The quantitative estimate of drug-likeness (QED) is 0.785. The Bertz CT molecular complexity index is 613. The highest BCUT2D eigenvalue weighted by molar-refractivity contribution is 5.83. The minimum Gasteiger partial charge on any atom is -0.368 e. The van der Waals surface area contributed by atoms with Crippen molar-refractivity contribution in [1.29, 1.82) is 0 Å². The van der Waals surface area contributed by atoms with Gasteiger partial charge in [0.05, 0.1) is 6.33 Å². The van der Waals surface area contributed by atoms with E-state index in [0.29, 0.717) is 22.4 Å². The van der Waals surface area contributed by atoms with Crippen LogP contribution in [0.4, 0.5) is 11.8 Å². The minimum atomic E-state index is 0.247. The van der Waals surface area contributed by atoms with Crippen molar-refractivity contribution < 1.29 is 0 Å². The summed E-state index contributed by atoms with van der Waals surface area (Å²) in [4.78, 5) is 15.5. The van der Waals surface area contributed by atoms with E-state index in [2.05, 4.69) is 52.9 Å². The predicted molar refractivity (Wildman–Crippen MR) is 75.6 cm³/mol. The molecule has 1 aliphatic carbocycles. The van der Waals surface area contributed by atoms with Crippen LogP contribution in [0.3, 0.4) is 0 Å². The molecule has 6 heteroatoms. The summed E-state index contributed by atoms with van der Waals surface area (Å²) in [5.74, 6) is 1.60. The van der Waals surface area contributed by atoms with Crippen LogP contribution in [-0.4, -0.2) is 26.5 Å². The highest BCUT2D eigenvalue weighted by Crippen LogP contribution is 2.68. The molecule has 0 amide bonds. The molecule has 0 aromatic carbocycles. The van der Waals surface area contributed by atoms with Gasteiger partial charge in [0.25, 0.3) is 0 Å². The van der Waals surface area contributed by atoms with E-state index in [0.717, 1.165) is 17.9 Å². The molecule has 0 radical (unpaired) electrons. The number of hydrogen-bond donors (Lipinski definition) is 3. The number of nitrogens with two attached hydrogens (primary N) is 1. The molecule has 1 aliphatic rings. The summed E-state index contributed by atoms with van der Waals surface area (Å²) in [5.41, 5.74) is 7.81. The summed E-state index contributed by atoms with van der Waals surface area (Å²) >= 11 is 0. The summed E-state index contributed by atoms with van der Waals surface area (Å²) in [5, 5.41) is 3.39. The average molecular weight is 260 g/mol. The van der Waals surface area contributed by atoms with Crippen molar-refractivity contribution in [3.05, 3.63) is 6.33 Å². The lowest BCUT2D eigenvalue weighted by Crippen LogP contribution is -2.11. The van der Waals surface area contributed by atoms with Gasteiger partial charge in [0.2, 0.25) is 5.95 Å². The fraction of sp³-hybridized carbons (Fsp3) is 0.615. The van der Waals surface area contributed by atoms with Crippen molar-refractivity contribution >= 4 is 22.9 Å². The molecule has 19 heavy (non-hydrogen) atoms. The van der Waals surface area contributed by atoms with Crippen LogP contribution in [0, 0.1) is 16.7 Å². The van der Waals surface area contributed by atoms with Gasteiger partial charge in [-0.1, -0.05) is 27.7 Å². The van der Waals surface area contributed by atoms with Crippen LogP contribution in [-0.2, 0) is 0 Å². The standard InChI is InChI=1S/C13H20N6/c1-12(2)7(13(12,3)4)5-15-9-8-10(17-6-16-8)19-11(14)18-9/h6-7H,5H2,1-4H3,(H4,14,15,16,17,18,19). The molecule has 1 fully saturated rings. The molecule has 0 spiro atoms. The first-order chi connectivity index (χ1) is 8.84. The maximum atomic E-state index is 5.70. The Kier molecular flexibility index (Phi) is 2.30. The van der Waals surface area contributed by atoms with Crippen LogP contribution >= 0.6 is 0 Å². The second kappa shape index (κ2) is 3.59. The van der Waals surface area contributed by atoms with E-state index in [9.17, 15) is 0 Å². The third-order valence-corrected chi connectivity index (χ3v) is 5.10. The summed E-state index contributed by atoms with van der Waals surface area (Å²) in [6.45, 7) is 10.1. The number of nitrogen functional groups attached to an aromatic ring is 1. The molecule has 2 aromatic heterocycles. The number of fused-ring (bicyclic) bond motifs is 1. The van der Waals surface area contributed by atoms with Gasteiger partial charge < -0.3 is 16.0 Å². The number of aromatic amines is 1. The smallest absolute Gasteiger partial charge is 0.224 e. The van der Waals surface area contributed by atoms with Crippen molar-refractivity contribution in [2.45, 2.75) is 27.7 Å².